The Bertz CT molecular complexity index is 1020. The number of aryl methyl sites for hydroxylation is 1. The molecule has 3 rings (SSSR count). The predicted molar refractivity (Wildman–Crippen MR) is 124 cm³/mol. The third-order valence-corrected chi connectivity index (χ3v) is 7.58. The van der Waals surface area contributed by atoms with Gasteiger partial charge in [0, 0.05) is 30.2 Å². The van der Waals surface area contributed by atoms with Crippen molar-refractivity contribution in [2.24, 2.45) is 0 Å². The minimum absolute atomic E-state index is 0.238. The molecule has 2 aromatic rings. The van der Waals surface area contributed by atoms with E-state index in [1.54, 1.807) is 25.1 Å². The van der Waals surface area contributed by atoms with Crippen molar-refractivity contribution in [3.63, 3.8) is 0 Å². The van der Waals surface area contributed by atoms with E-state index in [4.69, 9.17) is 16.3 Å². The van der Waals surface area contributed by atoms with Crippen molar-refractivity contribution in [2.75, 3.05) is 30.3 Å². The van der Waals surface area contributed by atoms with E-state index in [1.165, 1.54) is 0 Å². The molecule has 1 atom stereocenters. The monoisotopic (exact) mass is 464 g/mol. The third kappa shape index (κ3) is 5.40. The van der Waals surface area contributed by atoms with Gasteiger partial charge in [0.25, 0.3) is 0 Å². The summed E-state index contributed by atoms with van der Waals surface area (Å²) in [5, 5.41) is 3.45. The summed E-state index contributed by atoms with van der Waals surface area (Å²) < 4.78 is 31.8. The Kier molecular flexibility index (Phi) is 7.29. The molecule has 31 heavy (non-hydrogen) atoms. The van der Waals surface area contributed by atoms with Gasteiger partial charge in [-0.15, -0.1) is 0 Å². The Hall–Kier alpha value is -2.09. The van der Waals surface area contributed by atoms with E-state index in [0.717, 1.165) is 34.5 Å². The number of benzene rings is 2. The van der Waals surface area contributed by atoms with Crippen LogP contribution in [0, 0.1) is 6.92 Å². The van der Waals surface area contributed by atoms with Crippen LogP contribution in [-0.2, 0) is 25.0 Å². The lowest BCUT2D eigenvalue weighted by atomic mass is 9.74. The van der Waals surface area contributed by atoms with Gasteiger partial charge in [-0.3, -0.25) is 9.10 Å². The lowest BCUT2D eigenvalue weighted by Gasteiger charge is -2.38. The van der Waals surface area contributed by atoms with Gasteiger partial charge in [0.2, 0.25) is 15.9 Å². The first kappa shape index (κ1) is 23.6. The van der Waals surface area contributed by atoms with Gasteiger partial charge in [0.1, 0.15) is 6.04 Å². The standard InChI is InChI=1S/C23H29ClN2O4S/c1-17-9-10-20(15-21(17)24)26(31(3,28)29)18(2)22(27)25-16-23(11-13-30-14-12-23)19-7-5-4-6-8-19/h4-10,15,18H,11-14,16H2,1-3H3,(H,25,27). The first-order valence-electron chi connectivity index (χ1n) is 10.3. The van der Waals surface area contributed by atoms with Crippen LogP contribution in [0.2, 0.25) is 5.02 Å². The van der Waals surface area contributed by atoms with Crippen molar-refractivity contribution in [2.45, 2.75) is 38.1 Å². The van der Waals surface area contributed by atoms with Crippen LogP contribution in [-0.4, -0.2) is 46.4 Å². The van der Waals surface area contributed by atoms with Gasteiger partial charge in [-0.25, -0.2) is 8.42 Å². The summed E-state index contributed by atoms with van der Waals surface area (Å²) in [6.07, 6.45) is 2.67. The average molecular weight is 465 g/mol. The second kappa shape index (κ2) is 9.59. The molecule has 1 unspecified atom stereocenters. The van der Waals surface area contributed by atoms with Gasteiger partial charge in [0.15, 0.2) is 0 Å². The number of rotatable bonds is 7. The number of hydrogen-bond donors (Lipinski definition) is 1. The molecular weight excluding hydrogens is 436 g/mol. The number of sulfonamides is 1. The predicted octanol–water partition coefficient (Wildman–Crippen LogP) is 3.67. The molecule has 0 aliphatic carbocycles. The Morgan fingerprint density at radius 1 is 1.19 bits per heavy atom. The molecule has 8 heteroatoms. The fourth-order valence-electron chi connectivity index (χ4n) is 4.05. The van der Waals surface area contributed by atoms with Crippen molar-refractivity contribution in [3.05, 3.63) is 64.7 Å². The molecule has 2 aromatic carbocycles. The fourth-order valence-corrected chi connectivity index (χ4v) is 5.39. The highest BCUT2D eigenvalue weighted by atomic mass is 35.5. The first-order chi connectivity index (χ1) is 14.6. The van der Waals surface area contributed by atoms with E-state index in [-0.39, 0.29) is 11.3 Å². The largest absolute Gasteiger partial charge is 0.381 e. The highest BCUT2D eigenvalue weighted by molar-refractivity contribution is 7.92. The quantitative estimate of drug-likeness (QED) is 0.678. The second-order valence-electron chi connectivity index (χ2n) is 8.14. The van der Waals surface area contributed by atoms with Crippen molar-refractivity contribution in [3.8, 4) is 0 Å². The molecule has 1 fully saturated rings. The van der Waals surface area contributed by atoms with Crippen molar-refractivity contribution < 1.29 is 17.9 Å². The van der Waals surface area contributed by atoms with Crippen molar-refractivity contribution in [1.29, 1.82) is 0 Å². The van der Waals surface area contributed by atoms with E-state index in [0.29, 0.717) is 30.5 Å². The van der Waals surface area contributed by atoms with Gasteiger partial charge < -0.3 is 10.1 Å². The Morgan fingerprint density at radius 3 is 2.42 bits per heavy atom. The normalized spacial score (nSPS) is 17.0. The summed E-state index contributed by atoms with van der Waals surface area (Å²) in [5.74, 6) is -0.357. The zero-order valence-corrected chi connectivity index (χ0v) is 19.7. The maximum absolute atomic E-state index is 13.1. The molecule has 0 radical (unpaired) electrons. The number of hydrogen-bond acceptors (Lipinski definition) is 4. The number of carbonyl (C=O) groups is 1. The number of anilines is 1. The number of nitrogens with one attached hydrogen (secondary N) is 1. The molecule has 0 bridgehead atoms. The molecule has 1 heterocycles. The molecule has 6 nitrogen and oxygen atoms in total. The topological polar surface area (TPSA) is 75.7 Å². The van der Waals surface area contributed by atoms with Crippen LogP contribution in [0.15, 0.2) is 48.5 Å². The number of ether oxygens (including phenoxy) is 1. The molecule has 1 saturated heterocycles. The van der Waals surface area contributed by atoms with Crippen molar-refractivity contribution >= 4 is 33.2 Å². The fraction of sp³-hybridized carbons (Fsp3) is 0.435. The summed E-state index contributed by atoms with van der Waals surface area (Å²) in [4.78, 5) is 13.1. The highest BCUT2D eigenvalue weighted by Crippen LogP contribution is 2.34. The number of carbonyl (C=O) groups excluding carboxylic acids is 1. The molecule has 1 aliphatic heterocycles. The minimum Gasteiger partial charge on any atom is -0.381 e. The van der Waals surface area contributed by atoms with Crippen LogP contribution in [0.5, 0.6) is 0 Å². The molecule has 1 N–H and O–H groups in total. The van der Waals surface area contributed by atoms with E-state index in [2.05, 4.69) is 17.4 Å². The lowest BCUT2D eigenvalue weighted by molar-refractivity contribution is -0.122. The first-order valence-corrected chi connectivity index (χ1v) is 12.5. The molecular formula is C23H29ClN2O4S. The van der Waals surface area contributed by atoms with E-state index in [1.807, 2.05) is 25.1 Å². The molecule has 0 aromatic heterocycles. The van der Waals surface area contributed by atoms with Crippen LogP contribution in [0.1, 0.15) is 30.9 Å². The molecule has 0 saturated carbocycles. The van der Waals surface area contributed by atoms with E-state index < -0.39 is 16.1 Å². The zero-order chi connectivity index (χ0) is 22.6. The van der Waals surface area contributed by atoms with Crippen molar-refractivity contribution in [1.82, 2.24) is 5.32 Å². The lowest BCUT2D eigenvalue weighted by Crippen LogP contribution is -2.51. The average Bonchev–Trinajstić information content (AvgIpc) is 2.75. The Labute approximate surface area is 189 Å². The second-order valence-corrected chi connectivity index (χ2v) is 10.4. The summed E-state index contributed by atoms with van der Waals surface area (Å²) in [6.45, 7) is 5.08. The Morgan fingerprint density at radius 2 is 1.84 bits per heavy atom. The zero-order valence-electron chi connectivity index (χ0n) is 18.1. The SMILES string of the molecule is Cc1ccc(N(C(C)C(=O)NCC2(c3ccccc3)CCOCC2)S(C)(=O)=O)cc1Cl. The molecule has 1 aliphatic rings. The van der Waals surface area contributed by atoms with Crippen LogP contribution in [0.25, 0.3) is 0 Å². The van der Waals surface area contributed by atoms with Crippen LogP contribution in [0.4, 0.5) is 5.69 Å². The van der Waals surface area contributed by atoms with Gasteiger partial charge in [0.05, 0.1) is 11.9 Å². The maximum atomic E-state index is 13.1. The van der Waals surface area contributed by atoms with Gasteiger partial charge in [-0.2, -0.15) is 0 Å². The van der Waals surface area contributed by atoms with Gasteiger partial charge >= 0.3 is 0 Å². The smallest absolute Gasteiger partial charge is 0.243 e. The summed E-state index contributed by atoms with van der Waals surface area (Å²) in [5.41, 5.74) is 2.11. The van der Waals surface area contributed by atoms with Gasteiger partial charge in [-0.1, -0.05) is 48.0 Å². The molecule has 0 spiro atoms. The van der Waals surface area contributed by atoms with Crippen LogP contribution in [0.3, 0.4) is 0 Å². The van der Waals surface area contributed by atoms with Gasteiger partial charge in [-0.05, 0) is 49.9 Å². The number of halogens is 1. The van der Waals surface area contributed by atoms with Crippen LogP contribution >= 0.6 is 11.6 Å². The molecule has 1 amide bonds. The summed E-state index contributed by atoms with van der Waals surface area (Å²) in [6, 6.07) is 14.1. The number of nitrogens with zero attached hydrogens (tertiary/aromatic N) is 1. The van der Waals surface area contributed by atoms with E-state index in [9.17, 15) is 13.2 Å². The number of amides is 1. The maximum Gasteiger partial charge on any atom is 0.243 e. The van der Waals surface area contributed by atoms with E-state index >= 15 is 0 Å². The Balaban J connectivity index is 1.82. The summed E-state index contributed by atoms with van der Waals surface area (Å²) in [7, 11) is -3.71. The molecule has 168 valence electrons. The third-order valence-electron chi connectivity index (χ3n) is 5.94. The van der Waals surface area contributed by atoms with Crippen LogP contribution < -0.4 is 9.62 Å². The summed E-state index contributed by atoms with van der Waals surface area (Å²) >= 11 is 6.21. The highest BCUT2D eigenvalue weighted by Gasteiger charge is 2.36. The minimum atomic E-state index is -3.71.